The van der Waals surface area contributed by atoms with Crippen LogP contribution in [0.3, 0.4) is 0 Å². The van der Waals surface area contributed by atoms with Crippen LogP contribution in [0, 0.1) is 5.41 Å². The summed E-state index contributed by atoms with van der Waals surface area (Å²) in [5, 5.41) is 4.42. The molecule has 0 bridgehead atoms. The van der Waals surface area contributed by atoms with Gasteiger partial charge in [-0.2, -0.15) is 0 Å². The molecule has 0 amide bonds. The van der Waals surface area contributed by atoms with Gasteiger partial charge in [-0.05, 0) is 36.8 Å². The Morgan fingerprint density at radius 2 is 2.21 bits per heavy atom. The average molecular weight is 282 g/mol. The zero-order valence-corrected chi connectivity index (χ0v) is 12.9. The van der Waals surface area contributed by atoms with E-state index in [0.29, 0.717) is 11.5 Å². The summed E-state index contributed by atoms with van der Waals surface area (Å²) in [5.41, 5.74) is 1.52. The summed E-state index contributed by atoms with van der Waals surface area (Å²) in [7, 11) is 1.69. The molecule has 1 aliphatic rings. The van der Waals surface area contributed by atoms with Gasteiger partial charge in [0.1, 0.15) is 5.75 Å². The lowest BCUT2D eigenvalue weighted by atomic mass is 9.75. The van der Waals surface area contributed by atoms with Crippen molar-refractivity contribution in [2.75, 3.05) is 7.11 Å². The number of benzene rings is 1. The quantitative estimate of drug-likeness (QED) is 0.883. The van der Waals surface area contributed by atoms with Crippen LogP contribution in [-0.2, 0) is 6.54 Å². The number of hydrogen-bond donors (Lipinski definition) is 1. The monoisotopic (exact) mass is 281 g/mol. The van der Waals surface area contributed by atoms with Crippen LogP contribution in [0.2, 0.25) is 5.02 Å². The lowest BCUT2D eigenvalue weighted by Crippen LogP contribution is -2.37. The molecule has 3 heteroatoms. The molecule has 0 aliphatic heterocycles. The number of ether oxygens (including phenoxy) is 1. The normalized spacial score (nSPS) is 22.2. The van der Waals surface area contributed by atoms with Crippen LogP contribution < -0.4 is 10.1 Å². The van der Waals surface area contributed by atoms with Crippen molar-refractivity contribution in [2.45, 2.75) is 52.1 Å². The van der Waals surface area contributed by atoms with E-state index in [9.17, 15) is 0 Å². The molecule has 0 spiro atoms. The lowest BCUT2D eigenvalue weighted by Gasteiger charge is -2.35. The summed E-state index contributed by atoms with van der Waals surface area (Å²) in [6.45, 7) is 5.50. The third-order valence-electron chi connectivity index (χ3n) is 4.07. The van der Waals surface area contributed by atoms with Gasteiger partial charge in [-0.3, -0.25) is 0 Å². The number of methoxy groups -OCH3 is 1. The van der Waals surface area contributed by atoms with Crippen LogP contribution in [0.4, 0.5) is 0 Å². The van der Waals surface area contributed by atoms with E-state index in [-0.39, 0.29) is 0 Å². The van der Waals surface area contributed by atoms with Crippen molar-refractivity contribution in [3.63, 3.8) is 0 Å². The van der Waals surface area contributed by atoms with E-state index in [1.807, 2.05) is 18.2 Å². The third-order valence-corrected chi connectivity index (χ3v) is 4.42. The van der Waals surface area contributed by atoms with Crippen molar-refractivity contribution in [3.8, 4) is 5.75 Å². The van der Waals surface area contributed by atoms with Gasteiger partial charge in [0.2, 0.25) is 0 Å². The fraction of sp³-hybridized carbons (Fsp3) is 0.625. The first-order valence-corrected chi connectivity index (χ1v) is 7.44. The molecule has 1 aromatic carbocycles. The van der Waals surface area contributed by atoms with E-state index in [1.54, 1.807) is 7.11 Å². The van der Waals surface area contributed by atoms with Crippen molar-refractivity contribution in [1.29, 1.82) is 0 Å². The van der Waals surface area contributed by atoms with Crippen molar-refractivity contribution >= 4 is 11.6 Å². The van der Waals surface area contributed by atoms with Crippen molar-refractivity contribution in [2.24, 2.45) is 5.41 Å². The molecular formula is C16H24ClNO. The van der Waals surface area contributed by atoms with Gasteiger partial charge >= 0.3 is 0 Å². The van der Waals surface area contributed by atoms with E-state index in [4.69, 9.17) is 16.3 Å². The second-order valence-corrected chi connectivity index (χ2v) is 6.67. The van der Waals surface area contributed by atoms with E-state index < -0.39 is 0 Å². The Labute approximate surface area is 121 Å². The van der Waals surface area contributed by atoms with Crippen LogP contribution in [-0.4, -0.2) is 13.2 Å². The first-order valence-electron chi connectivity index (χ1n) is 7.06. The second kappa shape index (κ2) is 6.15. The predicted octanol–water partition coefficient (Wildman–Crippen LogP) is 4.41. The smallest absolute Gasteiger partial charge is 0.124 e. The molecule has 1 unspecified atom stereocenters. The van der Waals surface area contributed by atoms with Gasteiger partial charge in [0, 0.05) is 23.2 Å². The largest absolute Gasteiger partial charge is 0.496 e. The van der Waals surface area contributed by atoms with Gasteiger partial charge in [0.15, 0.2) is 0 Å². The number of nitrogens with one attached hydrogen (secondary N) is 1. The van der Waals surface area contributed by atoms with E-state index in [1.165, 1.54) is 25.7 Å². The summed E-state index contributed by atoms with van der Waals surface area (Å²) >= 11 is 6.26. The van der Waals surface area contributed by atoms with Gasteiger partial charge in [0.05, 0.1) is 7.11 Å². The van der Waals surface area contributed by atoms with E-state index in [2.05, 4.69) is 19.2 Å². The van der Waals surface area contributed by atoms with Crippen LogP contribution in [0.15, 0.2) is 18.2 Å². The van der Waals surface area contributed by atoms with Crippen molar-refractivity contribution < 1.29 is 4.74 Å². The molecule has 0 radical (unpaired) electrons. The van der Waals surface area contributed by atoms with Gasteiger partial charge in [-0.1, -0.05) is 37.9 Å². The Balaban J connectivity index is 1.99. The molecule has 2 rings (SSSR count). The van der Waals surface area contributed by atoms with E-state index >= 15 is 0 Å². The molecule has 1 saturated carbocycles. The maximum atomic E-state index is 6.26. The summed E-state index contributed by atoms with van der Waals surface area (Å²) in [6.07, 6.45) is 5.14. The molecule has 1 aromatic rings. The van der Waals surface area contributed by atoms with Crippen molar-refractivity contribution in [1.82, 2.24) is 5.32 Å². The fourth-order valence-corrected chi connectivity index (χ4v) is 3.25. The number of hydrogen-bond acceptors (Lipinski definition) is 2. The maximum Gasteiger partial charge on any atom is 0.124 e. The molecule has 1 fully saturated rings. The number of rotatable bonds is 4. The minimum Gasteiger partial charge on any atom is -0.496 e. The molecule has 2 nitrogen and oxygen atoms in total. The molecule has 0 heterocycles. The van der Waals surface area contributed by atoms with Gasteiger partial charge in [-0.25, -0.2) is 0 Å². The molecule has 1 N–H and O–H groups in total. The second-order valence-electron chi connectivity index (χ2n) is 6.26. The maximum absolute atomic E-state index is 6.26. The van der Waals surface area contributed by atoms with Gasteiger partial charge in [0.25, 0.3) is 0 Å². The summed E-state index contributed by atoms with van der Waals surface area (Å²) in [6, 6.07) is 6.40. The lowest BCUT2D eigenvalue weighted by molar-refractivity contribution is 0.197. The topological polar surface area (TPSA) is 21.3 Å². The standard InChI is InChI=1S/C16H24ClNO/c1-16(2)9-5-6-12(10-16)18-11-13-14(17)7-4-8-15(13)19-3/h4,7-8,12,18H,5-6,9-11H2,1-3H3. The zero-order chi connectivity index (χ0) is 13.9. The Kier molecular flexibility index (Phi) is 4.75. The molecule has 0 aromatic heterocycles. The Bertz CT molecular complexity index is 431. The minimum absolute atomic E-state index is 0.459. The molecule has 0 saturated heterocycles. The SMILES string of the molecule is COc1cccc(Cl)c1CNC1CCCC(C)(C)C1. The highest BCUT2D eigenvalue weighted by atomic mass is 35.5. The highest BCUT2D eigenvalue weighted by molar-refractivity contribution is 6.31. The molecule has 19 heavy (non-hydrogen) atoms. The molecule has 1 aliphatic carbocycles. The predicted molar refractivity (Wildman–Crippen MR) is 80.9 cm³/mol. The van der Waals surface area contributed by atoms with Crippen LogP contribution in [0.5, 0.6) is 5.75 Å². The molecular weight excluding hydrogens is 258 g/mol. The summed E-state index contributed by atoms with van der Waals surface area (Å²) in [4.78, 5) is 0. The van der Waals surface area contributed by atoms with E-state index in [0.717, 1.165) is 22.9 Å². The first kappa shape index (κ1) is 14.7. The Morgan fingerprint density at radius 3 is 2.89 bits per heavy atom. The Hall–Kier alpha value is -0.730. The van der Waals surface area contributed by atoms with Crippen molar-refractivity contribution in [3.05, 3.63) is 28.8 Å². The zero-order valence-electron chi connectivity index (χ0n) is 12.1. The third kappa shape index (κ3) is 3.87. The van der Waals surface area contributed by atoms with Crippen LogP contribution in [0.1, 0.15) is 45.1 Å². The average Bonchev–Trinajstić information content (AvgIpc) is 2.36. The molecule has 106 valence electrons. The first-order chi connectivity index (χ1) is 9.02. The summed E-state index contributed by atoms with van der Waals surface area (Å²) < 4.78 is 5.38. The summed E-state index contributed by atoms with van der Waals surface area (Å²) in [5.74, 6) is 0.870. The van der Waals surface area contributed by atoms with Gasteiger partial charge in [-0.15, -0.1) is 0 Å². The number of halogens is 1. The molecule has 1 atom stereocenters. The fourth-order valence-electron chi connectivity index (χ4n) is 3.02. The van der Waals surface area contributed by atoms with Crippen LogP contribution in [0.25, 0.3) is 0 Å². The minimum atomic E-state index is 0.459. The Morgan fingerprint density at radius 1 is 1.42 bits per heavy atom. The van der Waals surface area contributed by atoms with Crippen LogP contribution >= 0.6 is 11.6 Å². The highest BCUT2D eigenvalue weighted by Gasteiger charge is 2.27. The highest BCUT2D eigenvalue weighted by Crippen LogP contribution is 2.35. The van der Waals surface area contributed by atoms with Gasteiger partial charge < -0.3 is 10.1 Å².